The standard InChI is InChI=1S/C29H29N3O5/c33-29(34)32-15-12-26(27(19-32)37-20-21-6-7-22-4-1-2-5-24(22)18-21)23-8-10-25(11-9-23)35-16-17-36-28-30-13-3-14-31-28/h1-11,13-14,18,26-27H,12,15-17,19-20H2,(H,33,34)/p-1. The maximum absolute atomic E-state index is 11.5. The van der Waals surface area contributed by atoms with Gasteiger partial charge in [0.25, 0.3) is 0 Å². The maximum Gasteiger partial charge on any atom is 0.316 e. The van der Waals surface area contributed by atoms with Crippen molar-refractivity contribution in [1.29, 1.82) is 0 Å². The lowest BCUT2D eigenvalue weighted by atomic mass is 9.87. The average Bonchev–Trinajstić information content (AvgIpc) is 2.95. The van der Waals surface area contributed by atoms with Crippen LogP contribution in [-0.2, 0) is 11.3 Å². The minimum Gasteiger partial charge on any atom is -0.530 e. The summed E-state index contributed by atoms with van der Waals surface area (Å²) in [5, 5.41) is 13.9. The molecule has 1 fully saturated rings. The van der Waals surface area contributed by atoms with Gasteiger partial charge in [-0.2, -0.15) is 0 Å². The Bertz CT molecular complexity index is 1320. The van der Waals surface area contributed by atoms with Gasteiger partial charge in [-0.25, -0.2) is 9.97 Å². The van der Waals surface area contributed by atoms with E-state index in [1.807, 2.05) is 36.4 Å². The van der Waals surface area contributed by atoms with E-state index in [9.17, 15) is 9.90 Å². The predicted octanol–water partition coefficient (Wildman–Crippen LogP) is 3.81. The highest BCUT2D eigenvalue weighted by molar-refractivity contribution is 5.82. The van der Waals surface area contributed by atoms with E-state index in [4.69, 9.17) is 14.2 Å². The van der Waals surface area contributed by atoms with Crippen molar-refractivity contribution in [3.63, 3.8) is 0 Å². The van der Waals surface area contributed by atoms with Crippen LogP contribution in [0.1, 0.15) is 23.5 Å². The number of amides is 1. The lowest BCUT2D eigenvalue weighted by Gasteiger charge is -2.40. The van der Waals surface area contributed by atoms with Crippen LogP contribution in [0.15, 0.2) is 85.2 Å². The Morgan fingerprint density at radius 3 is 2.46 bits per heavy atom. The molecule has 2 unspecified atom stereocenters. The zero-order chi connectivity index (χ0) is 25.5. The fourth-order valence-corrected chi connectivity index (χ4v) is 4.63. The number of fused-ring (bicyclic) bond motifs is 1. The Morgan fingerprint density at radius 2 is 1.68 bits per heavy atom. The Morgan fingerprint density at radius 1 is 0.919 bits per heavy atom. The van der Waals surface area contributed by atoms with Crippen LogP contribution >= 0.6 is 0 Å². The van der Waals surface area contributed by atoms with Gasteiger partial charge < -0.3 is 29.0 Å². The summed E-state index contributed by atoms with van der Waals surface area (Å²) in [6.07, 6.45) is 2.45. The van der Waals surface area contributed by atoms with Gasteiger partial charge in [-0.1, -0.05) is 48.5 Å². The summed E-state index contributed by atoms with van der Waals surface area (Å²) in [4.78, 5) is 20.9. The molecular formula is C29H28N3O5-. The van der Waals surface area contributed by atoms with Crippen LogP contribution < -0.4 is 14.6 Å². The highest BCUT2D eigenvalue weighted by atomic mass is 16.5. The van der Waals surface area contributed by atoms with Crippen LogP contribution in [0.25, 0.3) is 10.8 Å². The molecule has 5 rings (SSSR count). The average molecular weight is 499 g/mol. The molecule has 0 N–H and O–H groups in total. The number of benzene rings is 3. The van der Waals surface area contributed by atoms with Gasteiger partial charge in [-0.05, 0) is 52.6 Å². The van der Waals surface area contributed by atoms with Crippen LogP contribution in [0.2, 0.25) is 0 Å². The number of rotatable bonds is 9. The molecule has 1 aliphatic rings. The molecule has 0 bridgehead atoms. The molecule has 2 atom stereocenters. The molecule has 0 spiro atoms. The summed E-state index contributed by atoms with van der Waals surface area (Å²) in [6, 6.07) is 24.3. The molecule has 190 valence electrons. The lowest BCUT2D eigenvalue weighted by Crippen LogP contribution is -2.51. The first-order valence-electron chi connectivity index (χ1n) is 12.3. The third-order valence-corrected chi connectivity index (χ3v) is 6.53. The fourth-order valence-electron chi connectivity index (χ4n) is 4.63. The maximum atomic E-state index is 11.5. The van der Waals surface area contributed by atoms with Crippen molar-refractivity contribution >= 4 is 16.9 Å². The van der Waals surface area contributed by atoms with Crippen molar-refractivity contribution in [3.05, 3.63) is 96.3 Å². The van der Waals surface area contributed by atoms with Gasteiger partial charge in [0, 0.05) is 31.4 Å². The van der Waals surface area contributed by atoms with Gasteiger partial charge in [-0.3, -0.25) is 0 Å². The molecule has 8 nitrogen and oxygen atoms in total. The minimum absolute atomic E-state index is 0.0590. The third-order valence-electron chi connectivity index (χ3n) is 6.53. The van der Waals surface area contributed by atoms with E-state index in [1.165, 1.54) is 10.3 Å². The highest BCUT2D eigenvalue weighted by Crippen LogP contribution is 2.32. The van der Waals surface area contributed by atoms with Crippen molar-refractivity contribution in [2.45, 2.75) is 25.0 Å². The van der Waals surface area contributed by atoms with Crippen LogP contribution in [0.5, 0.6) is 11.8 Å². The van der Waals surface area contributed by atoms with Gasteiger partial charge >= 0.3 is 6.01 Å². The Labute approximate surface area is 215 Å². The fraction of sp³-hybridized carbons (Fsp3) is 0.276. The molecule has 0 radical (unpaired) electrons. The number of ether oxygens (including phenoxy) is 3. The van der Waals surface area contributed by atoms with E-state index in [0.29, 0.717) is 38.8 Å². The number of hydrogen-bond donors (Lipinski definition) is 0. The molecule has 2 heterocycles. The number of likely N-dealkylation sites (tertiary alicyclic amines) is 1. The molecule has 3 aromatic carbocycles. The molecule has 8 heteroatoms. The Balaban J connectivity index is 1.21. The number of aromatic nitrogens is 2. The first kappa shape index (κ1) is 24.5. The second-order valence-corrected chi connectivity index (χ2v) is 8.94. The van der Waals surface area contributed by atoms with Crippen molar-refractivity contribution in [3.8, 4) is 11.8 Å². The zero-order valence-electron chi connectivity index (χ0n) is 20.4. The highest BCUT2D eigenvalue weighted by Gasteiger charge is 2.31. The molecule has 37 heavy (non-hydrogen) atoms. The number of carbonyl (C=O) groups excluding carboxylic acids is 1. The Kier molecular flexibility index (Phi) is 7.76. The third kappa shape index (κ3) is 6.34. The largest absolute Gasteiger partial charge is 0.530 e. The normalized spacial score (nSPS) is 17.5. The second kappa shape index (κ2) is 11.7. The van der Waals surface area contributed by atoms with Crippen molar-refractivity contribution in [2.24, 2.45) is 0 Å². The zero-order valence-corrected chi connectivity index (χ0v) is 20.4. The van der Waals surface area contributed by atoms with Gasteiger partial charge in [-0.15, -0.1) is 0 Å². The predicted molar refractivity (Wildman–Crippen MR) is 136 cm³/mol. The number of hydrogen-bond acceptors (Lipinski definition) is 7. The van der Waals surface area contributed by atoms with Crippen LogP contribution in [-0.4, -0.2) is 53.4 Å². The summed E-state index contributed by atoms with van der Waals surface area (Å²) in [6.45, 7) is 1.79. The molecule has 0 aliphatic carbocycles. The SMILES string of the molecule is O=C([O-])N1CCC(c2ccc(OCCOc3ncccn3)cc2)C(OCc2ccc3ccccc3c2)C1. The minimum atomic E-state index is -1.16. The molecular weight excluding hydrogens is 470 g/mol. The van der Waals surface area contributed by atoms with Crippen LogP contribution in [0.4, 0.5) is 4.79 Å². The van der Waals surface area contributed by atoms with Crippen molar-refractivity contribution in [2.75, 3.05) is 26.3 Å². The molecule has 1 aliphatic heterocycles. The van der Waals surface area contributed by atoms with Crippen LogP contribution in [0, 0.1) is 0 Å². The van der Waals surface area contributed by atoms with Gasteiger partial charge in [0.05, 0.1) is 12.7 Å². The summed E-state index contributed by atoms with van der Waals surface area (Å²) in [7, 11) is 0. The molecule has 1 aromatic heterocycles. The van der Waals surface area contributed by atoms with Crippen LogP contribution in [0.3, 0.4) is 0 Å². The second-order valence-electron chi connectivity index (χ2n) is 8.94. The topological polar surface area (TPSA) is 96.8 Å². The first-order chi connectivity index (χ1) is 18.2. The molecule has 1 saturated heterocycles. The summed E-state index contributed by atoms with van der Waals surface area (Å²) in [5.74, 6) is 0.783. The van der Waals surface area contributed by atoms with Gasteiger partial charge in [0.1, 0.15) is 25.1 Å². The van der Waals surface area contributed by atoms with E-state index in [2.05, 4.69) is 40.3 Å². The smallest absolute Gasteiger partial charge is 0.316 e. The van der Waals surface area contributed by atoms with Crippen molar-refractivity contribution in [1.82, 2.24) is 14.9 Å². The monoisotopic (exact) mass is 498 g/mol. The number of carbonyl (C=O) groups is 1. The Hall–Kier alpha value is -4.17. The van der Waals surface area contributed by atoms with E-state index in [-0.39, 0.29) is 18.6 Å². The van der Waals surface area contributed by atoms with E-state index >= 15 is 0 Å². The van der Waals surface area contributed by atoms with Crippen molar-refractivity contribution < 1.29 is 24.1 Å². The summed E-state index contributed by atoms with van der Waals surface area (Å²) >= 11 is 0. The van der Waals surface area contributed by atoms with E-state index in [0.717, 1.165) is 22.3 Å². The number of carboxylic acid groups (broad SMARTS) is 1. The summed E-state index contributed by atoms with van der Waals surface area (Å²) < 4.78 is 17.6. The molecule has 4 aromatic rings. The first-order valence-corrected chi connectivity index (χ1v) is 12.3. The quantitative estimate of drug-likeness (QED) is 0.324. The van der Waals surface area contributed by atoms with Gasteiger partial charge in [0.2, 0.25) is 0 Å². The van der Waals surface area contributed by atoms with E-state index in [1.54, 1.807) is 18.5 Å². The van der Waals surface area contributed by atoms with Gasteiger partial charge in [0.15, 0.2) is 0 Å². The molecule has 1 amide bonds. The number of nitrogens with zero attached hydrogens (tertiary/aromatic N) is 3. The molecule has 0 saturated carbocycles. The van der Waals surface area contributed by atoms with E-state index < -0.39 is 6.09 Å². The lowest BCUT2D eigenvalue weighted by molar-refractivity contribution is -0.268. The number of piperidine rings is 1. The summed E-state index contributed by atoms with van der Waals surface area (Å²) in [5.41, 5.74) is 2.14.